The number of fused-ring (bicyclic) bond motifs is 1. The summed E-state index contributed by atoms with van der Waals surface area (Å²) in [5, 5.41) is 14.0. The monoisotopic (exact) mass is 497 g/mol. The molecule has 0 radical (unpaired) electrons. The Labute approximate surface area is 204 Å². The largest absolute Gasteiger partial charge is 0.451 e. The van der Waals surface area contributed by atoms with Gasteiger partial charge in [0.25, 0.3) is 0 Å². The molecule has 1 atom stereocenters. The number of hydrogen-bond acceptors (Lipinski definition) is 6. The Morgan fingerprint density at radius 2 is 1.58 bits per heavy atom. The number of alkyl halides is 3. The van der Waals surface area contributed by atoms with Gasteiger partial charge in [-0.15, -0.1) is 5.10 Å². The Kier molecular flexibility index (Phi) is 6.53. The van der Waals surface area contributed by atoms with Gasteiger partial charge in [-0.25, -0.2) is 14.4 Å². The van der Waals surface area contributed by atoms with E-state index >= 15 is 0 Å². The van der Waals surface area contributed by atoms with Crippen molar-refractivity contribution in [2.45, 2.75) is 37.9 Å². The SMILES string of the molecule is CC(Nc1nnc(C2CCOCC2)c2ccc(-c3ccc(F)cc3)cc12)c1cnc(C(F)(F)F)nc1. The summed E-state index contributed by atoms with van der Waals surface area (Å²) in [6.07, 6.45) is -0.606. The molecule has 1 aliphatic rings. The zero-order chi connectivity index (χ0) is 25.3. The van der Waals surface area contributed by atoms with Crippen molar-refractivity contribution in [1.82, 2.24) is 20.2 Å². The van der Waals surface area contributed by atoms with Crippen LogP contribution in [-0.4, -0.2) is 33.4 Å². The van der Waals surface area contributed by atoms with Crippen molar-refractivity contribution in [3.05, 3.63) is 77.8 Å². The summed E-state index contributed by atoms with van der Waals surface area (Å²) in [5.74, 6) is -0.812. The standard InChI is InChI=1S/C26H23F4N5O/c1-15(19-13-31-25(32-14-19)26(28,29)30)33-24-22-12-18(16-2-5-20(27)6-3-16)4-7-21(22)23(34-35-24)17-8-10-36-11-9-17/h2-7,12-15,17H,8-11H2,1H3,(H,33,35). The summed E-state index contributed by atoms with van der Waals surface area (Å²) in [7, 11) is 0. The highest BCUT2D eigenvalue weighted by Crippen LogP contribution is 2.36. The van der Waals surface area contributed by atoms with E-state index in [2.05, 4.69) is 25.5 Å². The smallest absolute Gasteiger partial charge is 0.381 e. The lowest BCUT2D eigenvalue weighted by Crippen LogP contribution is -2.17. The third-order valence-corrected chi connectivity index (χ3v) is 6.37. The van der Waals surface area contributed by atoms with E-state index in [1.165, 1.54) is 12.1 Å². The molecular weight excluding hydrogens is 474 g/mol. The zero-order valence-corrected chi connectivity index (χ0v) is 19.4. The van der Waals surface area contributed by atoms with Crippen LogP contribution in [0, 0.1) is 5.82 Å². The maximum absolute atomic E-state index is 13.5. The number of rotatable bonds is 5. The maximum Gasteiger partial charge on any atom is 0.451 e. The van der Waals surface area contributed by atoms with Gasteiger partial charge < -0.3 is 10.1 Å². The molecule has 0 spiro atoms. The summed E-state index contributed by atoms with van der Waals surface area (Å²) in [6, 6.07) is 11.7. The van der Waals surface area contributed by atoms with E-state index in [4.69, 9.17) is 4.74 Å². The van der Waals surface area contributed by atoms with Gasteiger partial charge in [0.2, 0.25) is 5.82 Å². The first-order chi connectivity index (χ1) is 17.3. The molecular formula is C26H23F4N5O. The molecule has 6 nitrogen and oxygen atoms in total. The normalized spacial score (nSPS) is 15.7. The van der Waals surface area contributed by atoms with Crippen LogP contribution in [0.5, 0.6) is 0 Å². The molecule has 1 fully saturated rings. The van der Waals surface area contributed by atoms with E-state index in [1.54, 1.807) is 19.1 Å². The fourth-order valence-electron chi connectivity index (χ4n) is 4.37. The zero-order valence-electron chi connectivity index (χ0n) is 19.4. The third-order valence-electron chi connectivity index (χ3n) is 6.37. The quantitative estimate of drug-likeness (QED) is 0.326. The minimum atomic E-state index is -4.60. The van der Waals surface area contributed by atoms with Crippen molar-refractivity contribution < 1.29 is 22.3 Å². The van der Waals surface area contributed by atoms with Gasteiger partial charge in [-0.05, 0) is 49.1 Å². The second kappa shape index (κ2) is 9.77. The van der Waals surface area contributed by atoms with E-state index in [-0.39, 0.29) is 11.7 Å². The minimum absolute atomic E-state index is 0.209. The Balaban J connectivity index is 1.53. The van der Waals surface area contributed by atoms with Crippen LogP contribution in [0.3, 0.4) is 0 Å². The lowest BCUT2D eigenvalue weighted by atomic mass is 9.91. The molecule has 4 aromatic rings. The fraction of sp³-hybridized carbons (Fsp3) is 0.308. The Morgan fingerprint density at radius 3 is 2.25 bits per heavy atom. The van der Waals surface area contributed by atoms with Crippen molar-refractivity contribution in [3.63, 3.8) is 0 Å². The highest BCUT2D eigenvalue weighted by Gasteiger charge is 2.34. The molecule has 1 aliphatic heterocycles. The van der Waals surface area contributed by atoms with Gasteiger partial charge in [0.1, 0.15) is 5.82 Å². The van der Waals surface area contributed by atoms with Gasteiger partial charge in [0.05, 0.1) is 11.7 Å². The van der Waals surface area contributed by atoms with Gasteiger partial charge in [-0.3, -0.25) is 0 Å². The summed E-state index contributed by atoms with van der Waals surface area (Å²) in [6.45, 7) is 3.11. The van der Waals surface area contributed by atoms with E-state index < -0.39 is 18.0 Å². The predicted molar refractivity (Wildman–Crippen MR) is 127 cm³/mol. The Bertz CT molecular complexity index is 1350. The molecule has 1 saturated heterocycles. The van der Waals surface area contributed by atoms with Crippen LogP contribution in [-0.2, 0) is 10.9 Å². The van der Waals surface area contributed by atoms with Crippen molar-refractivity contribution in [2.24, 2.45) is 0 Å². The lowest BCUT2D eigenvalue weighted by molar-refractivity contribution is -0.145. The van der Waals surface area contributed by atoms with Crippen molar-refractivity contribution in [1.29, 1.82) is 0 Å². The number of benzene rings is 2. The second-order valence-corrected chi connectivity index (χ2v) is 8.79. The topological polar surface area (TPSA) is 72.8 Å². The van der Waals surface area contributed by atoms with Crippen LogP contribution in [0.25, 0.3) is 21.9 Å². The van der Waals surface area contributed by atoms with E-state index in [9.17, 15) is 17.6 Å². The first-order valence-corrected chi connectivity index (χ1v) is 11.6. The van der Waals surface area contributed by atoms with Gasteiger partial charge in [-0.1, -0.05) is 24.3 Å². The van der Waals surface area contributed by atoms with Crippen LogP contribution < -0.4 is 5.32 Å². The highest BCUT2D eigenvalue weighted by molar-refractivity contribution is 5.96. The minimum Gasteiger partial charge on any atom is -0.381 e. The second-order valence-electron chi connectivity index (χ2n) is 8.79. The predicted octanol–water partition coefficient (Wildman–Crippen LogP) is 6.31. The number of halogens is 4. The van der Waals surface area contributed by atoms with Crippen molar-refractivity contribution in [3.8, 4) is 11.1 Å². The van der Waals surface area contributed by atoms with E-state index in [0.717, 1.165) is 52.8 Å². The molecule has 0 saturated carbocycles. The number of aromatic nitrogens is 4. The fourth-order valence-corrected chi connectivity index (χ4v) is 4.37. The molecule has 0 aliphatic carbocycles. The summed E-state index contributed by atoms with van der Waals surface area (Å²) < 4.78 is 57.5. The third kappa shape index (κ3) is 4.99. The molecule has 186 valence electrons. The average molecular weight is 497 g/mol. The number of anilines is 1. The van der Waals surface area contributed by atoms with Crippen LogP contribution in [0.2, 0.25) is 0 Å². The molecule has 0 bridgehead atoms. The summed E-state index contributed by atoms with van der Waals surface area (Å²) in [4.78, 5) is 6.91. The molecule has 3 heterocycles. The highest BCUT2D eigenvalue weighted by atomic mass is 19.4. The van der Waals surface area contributed by atoms with Gasteiger partial charge in [0.15, 0.2) is 5.82 Å². The van der Waals surface area contributed by atoms with Crippen LogP contribution in [0.4, 0.5) is 23.4 Å². The number of ether oxygens (including phenoxy) is 1. The molecule has 2 aromatic heterocycles. The molecule has 0 amide bonds. The lowest BCUT2D eigenvalue weighted by Gasteiger charge is -2.23. The maximum atomic E-state index is 13.5. The molecule has 1 unspecified atom stereocenters. The molecule has 5 rings (SSSR count). The Hall–Kier alpha value is -3.66. The molecule has 36 heavy (non-hydrogen) atoms. The molecule has 1 N–H and O–H groups in total. The molecule has 2 aromatic carbocycles. The van der Waals surface area contributed by atoms with Crippen LogP contribution in [0.1, 0.15) is 48.8 Å². The summed E-state index contributed by atoms with van der Waals surface area (Å²) in [5.41, 5.74) is 3.08. The number of hydrogen-bond donors (Lipinski definition) is 1. The number of nitrogens with zero attached hydrogens (tertiary/aromatic N) is 4. The van der Waals surface area contributed by atoms with Crippen molar-refractivity contribution in [2.75, 3.05) is 18.5 Å². The van der Waals surface area contributed by atoms with Crippen LogP contribution in [0.15, 0.2) is 54.9 Å². The van der Waals surface area contributed by atoms with Gasteiger partial charge in [0, 0.05) is 47.9 Å². The van der Waals surface area contributed by atoms with Crippen molar-refractivity contribution >= 4 is 16.6 Å². The van der Waals surface area contributed by atoms with Gasteiger partial charge >= 0.3 is 6.18 Å². The first-order valence-electron chi connectivity index (χ1n) is 11.6. The van der Waals surface area contributed by atoms with Gasteiger partial charge in [-0.2, -0.15) is 18.3 Å². The number of nitrogens with one attached hydrogen (secondary N) is 1. The first kappa shape index (κ1) is 24.1. The van der Waals surface area contributed by atoms with E-state index in [0.29, 0.717) is 24.6 Å². The van der Waals surface area contributed by atoms with Crippen LogP contribution >= 0.6 is 0 Å². The Morgan fingerprint density at radius 1 is 0.917 bits per heavy atom. The molecule has 10 heteroatoms. The van der Waals surface area contributed by atoms with E-state index in [1.807, 2.05) is 18.2 Å². The summed E-state index contributed by atoms with van der Waals surface area (Å²) >= 11 is 0. The average Bonchev–Trinajstić information content (AvgIpc) is 2.89.